The van der Waals surface area contributed by atoms with E-state index in [9.17, 15) is 0 Å². The molecular weight excluding hydrogens is 388 g/mol. The molecule has 5 heavy (non-hydrogen) atoms. The molecule has 0 amide bonds. The second kappa shape index (κ2) is 28.1. The third-order valence-electron chi connectivity index (χ3n) is 0. The average molecular weight is 392 g/mol. The van der Waals surface area contributed by atoms with Gasteiger partial charge in [-0.3, -0.25) is 0 Å². The van der Waals surface area contributed by atoms with Crippen molar-refractivity contribution < 1.29 is 39.4 Å². The van der Waals surface area contributed by atoms with Crippen molar-refractivity contribution in [3.63, 3.8) is 0 Å². The Bertz CT molecular complexity index is 11.6. The van der Waals surface area contributed by atoms with Crippen molar-refractivity contribution in [1.29, 1.82) is 0 Å². The Kier molecular flexibility index (Phi) is 138. The standard InChI is InChI=1S/Ag.Cu.Ga.In.S.4H. The van der Waals surface area contributed by atoms with E-state index >= 15 is 0 Å². The van der Waals surface area contributed by atoms with E-state index < -0.39 is 0 Å². The molecule has 0 saturated heterocycles. The topological polar surface area (TPSA) is 0 Å². The van der Waals surface area contributed by atoms with Crippen LogP contribution in [0.2, 0.25) is 0 Å². The minimum atomic E-state index is 0. The molecule has 0 fully saturated rings. The molecule has 0 aromatic rings. The molecular formula is H4AgCuGaInS. The van der Waals surface area contributed by atoms with Crippen molar-refractivity contribution in [2.45, 2.75) is 0 Å². The van der Waals surface area contributed by atoms with Gasteiger partial charge in [0.15, 0.2) is 0 Å². The first-order chi connectivity index (χ1) is 1.00. The molecule has 0 aliphatic rings. The van der Waals surface area contributed by atoms with Crippen molar-refractivity contribution >= 4 is 52.7 Å². The Morgan fingerprint density at radius 3 is 1.20 bits per heavy atom. The molecule has 38 valence electrons. The Balaban J connectivity index is -0.00000000167. The maximum absolute atomic E-state index is 4.21. The van der Waals surface area contributed by atoms with Gasteiger partial charge in [0.1, 0.15) is 0 Å². The molecule has 0 aromatic heterocycles. The Morgan fingerprint density at radius 1 is 1.20 bits per heavy atom. The van der Waals surface area contributed by atoms with Gasteiger partial charge in [0.25, 0.3) is 0 Å². The van der Waals surface area contributed by atoms with Gasteiger partial charge in [-0.2, -0.15) is 0 Å². The van der Waals surface area contributed by atoms with Crippen molar-refractivity contribution in [2.75, 3.05) is 0 Å². The van der Waals surface area contributed by atoms with Gasteiger partial charge in [-0.05, 0) is 0 Å². The van der Waals surface area contributed by atoms with Gasteiger partial charge in [0, 0.05) is 39.4 Å². The number of hydrogen-bond acceptors (Lipinski definition) is 1. The molecule has 0 spiro atoms. The van der Waals surface area contributed by atoms with Crippen LogP contribution in [0.15, 0.2) is 0 Å². The molecule has 5 heteroatoms. The summed E-state index contributed by atoms with van der Waals surface area (Å²) >= 11 is 0.958. The van der Waals surface area contributed by atoms with E-state index in [2.05, 4.69) is 10.1 Å². The predicted octanol–water partition coefficient (Wildman–Crippen LogP) is -1.19. The third kappa shape index (κ3) is 19.5. The number of hydrogen-bond donors (Lipinski definition) is 0. The molecule has 0 unspecified atom stereocenters. The van der Waals surface area contributed by atoms with E-state index in [1.807, 2.05) is 0 Å². The molecule has 0 aromatic carbocycles. The van der Waals surface area contributed by atoms with Gasteiger partial charge in [0.2, 0.25) is 0 Å². The summed E-state index contributed by atoms with van der Waals surface area (Å²) in [4.78, 5) is 0. The zero-order valence-corrected chi connectivity index (χ0v) is 7.93. The predicted molar refractivity (Wildman–Crippen MR) is 24.7 cm³/mol. The first kappa shape index (κ1) is 24.5. The number of rotatable bonds is 0. The van der Waals surface area contributed by atoms with Gasteiger partial charge in [-0.1, -0.05) is 0 Å². The maximum atomic E-state index is 4.21. The van der Waals surface area contributed by atoms with Crippen molar-refractivity contribution in [1.82, 2.24) is 0 Å². The fraction of sp³-hybridized carbons (Fsp3) is 0. The first-order valence-corrected chi connectivity index (χ1v) is 4.50. The molecule has 0 N–H and O–H groups in total. The van der Waals surface area contributed by atoms with Crippen LogP contribution in [0.3, 0.4) is 0 Å². The molecule has 0 rings (SSSR count). The van der Waals surface area contributed by atoms with Crippen LogP contribution in [0, 0.1) is 0 Å². The van der Waals surface area contributed by atoms with Crippen LogP contribution < -0.4 is 0 Å². The second-order valence-corrected chi connectivity index (χ2v) is 0. The zero-order valence-electron chi connectivity index (χ0n) is 1.72. The Hall–Kier alpha value is 2.99. The molecule has 2 radical (unpaired) electrons. The van der Waals surface area contributed by atoms with Crippen molar-refractivity contribution in [3.8, 4) is 0 Å². The minimum absolute atomic E-state index is 0. The first-order valence-electron chi connectivity index (χ1n) is 0.289. The molecule has 0 aliphatic carbocycles. The summed E-state index contributed by atoms with van der Waals surface area (Å²) in [5.74, 6) is 0. The van der Waals surface area contributed by atoms with E-state index in [0.717, 1.165) is 16.8 Å². The molecule has 0 nitrogen and oxygen atoms in total. The van der Waals surface area contributed by atoms with E-state index in [1.54, 1.807) is 0 Å². The second-order valence-electron chi connectivity index (χ2n) is 0. The van der Waals surface area contributed by atoms with Crippen LogP contribution in [0.5, 0.6) is 0 Å². The molecule has 0 atom stereocenters. The Labute approximate surface area is 90.5 Å². The summed E-state index contributed by atoms with van der Waals surface area (Å²) in [6.45, 7) is 0. The molecule has 0 saturated carbocycles. The zero-order chi connectivity index (χ0) is 2.00. The van der Waals surface area contributed by atoms with Crippen LogP contribution in [-0.4, -0.2) is 42.7 Å². The van der Waals surface area contributed by atoms with Crippen LogP contribution in [0.1, 0.15) is 0 Å². The summed E-state index contributed by atoms with van der Waals surface area (Å²) in [5.41, 5.74) is 0. The van der Waals surface area contributed by atoms with Crippen LogP contribution in [-0.2, 0) is 39.4 Å². The summed E-state index contributed by atoms with van der Waals surface area (Å²) in [6, 6.07) is 0. The van der Waals surface area contributed by atoms with Gasteiger partial charge in [-0.25, -0.2) is 0 Å². The van der Waals surface area contributed by atoms with Crippen molar-refractivity contribution in [2.24, 2.45) is 0 Å². The van der Waals surface area contributed by atoms with Gasteiger partial charge in [-0.15, -0.1) is 0 Å². The van der Waals surface area contributed by atoms with Gasteiger partial charge < -0.3 is 0 Å². The summed E-state index contributed by atoms with van der Waals surface area (Å²) < 4.78 is 0. The molecule has 0 aliphatic heterocycles. The van der Waals surface area contributed by atoms with Crippen LogP contribution in [0.4, 0.5) is 0 Å². The van der Waals surface area contributed by atoms with Crippen molar-refractivity contribution in [3.05, 3.63) is 0 Å². The van der Waals surface area contributed by atoms with E-state index in [4.69, 9.17) is 0 Å². The fourth-order valence-corrected chi connectivity index (χ4v) is 0. The average Bonchev–Trinajstić information content (AvgIpc) is 1.00. The van der Waals surface area contributed by atoms with Gasteiger partial charge >= 0.3 is 52.7 Å². The van der Waals surface area contributed by atoms with Crippen LogP contribution in [0.25, 0.3) is 0 Å². The molecule has 0 bridgehead atoms. The SMILES string of the molecule is [Ag].[Cu].[InH3].[S]=[GaH]. The summed E-state index contributed by atoms with van der Waals surface area (Å²) in [5, 5.41) is 0. The molecule has 0 heterocycles. The normalized spacial score (nSPS) is 0.600. The fourth-order valence-electron chi connectivity index (χ4n) is 0. The Morgan fingerprint density at radius 2 is 1.20 bits per heavy atom. The van der Waals surface area contributed by atoms with E-state index in [1.165, 1.54) is 0 Å². The van der Waals surface area contributed by atoms with Gasteiger partial charge in [0.05, 0.1) is 0 Å². The summed E-state index contributed by atoms with van der Waals surface area (Å²) in [6.07, 6.45) is 0. The van der Waals surface area contributed by atoms with Crippen LogP contribution >= 0.6 is 10.1 Å². The monoisotopic (exact) mass is 390 g/mol. The summed E-state index contributed by atoms with van der Waals surface area (Å²) in [7, 11) is 4.21. The van der Waals surface area contributed by atoms with E-state index in [-0.39, 0.29) is 65.3 Å². The van der Waals surface area contributed by atoms with E-state index in [0.29, 0.717) is 0 Å². The quantitative estimate of drug-likeness (QED) is 0.468. The third-order valence-corrected chi connectivity index (χ3v) is 0.